The molecule has 0 radical (unpaired) electrons. The van der Waals surface area contributed by atoms with Gasteiger partial charge in [0.05, 0.1) is 0 Å². The van der Waals surface area contributed by atoms with Gasteiger partial charge in [-0.2, -0.15) is 0 Å². The highest BCUT2D eigenvalue weighted by atomic mass is 35.5. The summed E-state index contributed by atoms with van der Waals surface area (Å²) < 4.78 is 0. The van der Waals surface area contributed by atoms with E-state index in [2.05, 4.69) is 20.8 Å². The first kappa shape index (κ1) is 38.4. The minimum absolute atomic E-state index is 0. The monoisotopic (exact) mass is 530 g/mol. The molecule has 0 saturated heterocycles. The predicted octanol–water partition coefficient (Wildman–Crippen LogP) is 12.9. The van der Waals surface area contributed by atoms with E-state index in [1.54, 1.807) is 0 Å². The third kappa shape index (κ3) is 28.8. The lowest BCUT2D eigenvalue weighted by Crippen LogP contribution is -2.39. The first-order valence-corrected chi connectivity index (χ1v) is 17.0. The van der Waals surface area contributed by atoms with Crippen LogP contribution in [0.25, 0.3) is 0 Å². The lowest BCUT2D eigenvalue weighted by atomic mass is 9.82. The number of hydrogen-bond acceptors (Lipinski definition) is 1. The quantitative estimate of drug-likeness (QED) is 0.0919. The van der Waals surface area contributed by atoms with Crippen molar-refractivity contribution in [3.05, 3.63) is 0 Å². The van der Waals surface area contributed by atoms with Crippen molar-refractivity contribution in [1.82, 2.24) is 0 Å². The van der Waals surface area contributed by atoms with Crippen LogP contribution in [0.5, 0.6) is 0 Å². The molecule has 0 aliphatic rings. The molecule has 2 N–H and O–H groups in total. The Balaban J connectivity index is 0. The van der Waals surface area contributed by atoms with Crippen molar-refractivity contribution < 1.29 is 0 Å². The molecule has 0 unspecified atom stereocenters. The van der Waals surface area contributed by atoms with Crippen molar-refractivity contribution in [1.29, 1.82) is 0 Å². The summed E-state index contributed by atoms with van der Waals surface area (Å²) in [5, 5.41) is 0. The van der Waals surface area contributed by atoms with E-state index in [0.29, 0.717) is 0 Å². The molecule has 0 saturated carbocycles. The van der Waals surface area contributed by atoms with Crippen LogP contribution >= 0.6 is 12.4 Å². The molecule has 0 spiro atoms. The van der Waals surface area contributed by atoms with E-state index in [1.807, 2.05) is 0 Å². The molecule has 36 heavy (non-hydrogen) atoms. The highest BCUT2D eigenvalue weighted by molar-refractivity contribution is 5.85. The second-order valence-electron chi connectivity index (χ2n) is 12.1. The van der Waals surface area contributed by atoms with Crippen LogP contribution in [-0.2, 0) is 0 Å². The molecule has 0 aromatic carbocycles. The van der Waals surface area contributed by atoms with Gasteiger partial charge in [-0.3, -0.25) is 0 Å². The van der Waals surface area contributed by atoms with E-state index in [4.69, 9.17) is 5.73 Å². The molecule has 0 heterocycles. The average molecular weight is 530 g/mol. The van der Waals surface area contributed by atoms with Crippen molar-refractivity contribution in [2.24, 2.45) is 5.73 Å². The lowest BCUT2D eigenvalue weighted by molar-refractivity contribution is 0.302. The van der Waals surface area contributed by atoms with E-state index in [-0.39, 0.29) is 17.9 Å². The second-order valence-corrected chi connectivity index (χ2v) is 12.1. The minimum Gasteiger partial charge on any atom is -0.325 e. The Kier molecular flexibility index (Phi) is 33.6. The molecule has 1 nitrogen and oxygen atoms in total. The Hall–Kier alpha value is 0.250. The Bertz CT molecular complexity index is 328. The van der Waals surface area contributed by atoms with Gasteiger partial charge in [-0.15, -0.1) is 12.4 Å². The Morgan fingerprint density at radius 3 is 0.667 bits per heavy atom. The largest absolute Gasteiger partial charge is 0.325 e. The molecule has 0 amide bonds. The number of unbranched alkanes of at least 4 members (excludes halogenated alkanes) is 24. The van der Waals surface area contributed by atoms with Crippen LogP contribution in [0.1, 0.15) is 213 Å². The van der Waals surface area contributed by atoms with Crippen molar-refractivity contribution >= 4 is 12.4 Å². The zero-order chi connectivity index (χ0) is 25.7. The topological polar surface area (TPSA) is 26.0 Å². The summed E-state index contributed by atoms with van der Waals surface area (Å²) in [4.78, 5) is 0. The first-order chi connectivity index (χ1) is 17.2. The average Bonchev–Trinajstić information content (AvgIpc) is 2.86. The van der Waals surface area contributed by atoms with Crippen LogP contribution in [0.2, 0.25) is 0 Å². The van der Waals surface area contributed by atoms with E-state index in [0.717, 1.165) is 0 Å². The summed E-state index contributed by atoms with van der Waals surface area (Å²) >= 11 is 0. The molecule has 2 heteroatoms. The highest BCUT2D eigenvalue weighted by Crippen LogP contribution is 2.27. The fraction of sp³-hybridized carbons (Fsp3) is 1.00. The number of hydrogen-bond donors (Lipinski definition) is 1. The fourth-order valence-electron chi connectivity index (χ4n) is 5.74. The van der Waals surface area contributed by atoms with Gasteiger partial charge in [0.2, 0.25) is 0 Å². The minimum atomic E-state index is 0. The van der Waals surface area contributed by atoms with Crippen molar-refractivity contribution in [2.45, 2.75) is 219 Å². The van der Waals surface area contributed by atoms with Gasteiger partial charge in [0.25, 0.3) is 0 Å². The summed E-state index contributed by atoms with van der Waals surface area (Å²) in [6, 6.07) is 0. The Morgan fingerprint density at radius 2 is 0.472 bits per heavy atom. The highest BCUT2D eigenvalue weighted by Gasteiger charge is 2.23. The summed E-state index contributed by atoms with van der Waals surface area (Å²) in [5.41, 5.74) is 7.21. The molecule has 0 rings (SSSR count). The van der Waals surface area contributed by atoms with Gasteiger partial charge in [-0.05, 0) is 19.3 Å². The Labute approximate surface area is 236 Å². The van der Waals surface area contributed by atoms with E-state index in [1.165, 1.54) is 193 Å². The van der Waals surface area contributed by atoms with Crippen LogP contribution in [0.3, 0.4) is 0 Å². The molecule has 0 fully saturated rings. The van der Waals surface area contributed by atoms with Crippen LogP contribution < -0.4 is 5.73 Å². The lowest BCUT2D eigenvalue weighted by Gasteiger charge is -2.30. The van der Waals surface area contributed by atoms with Crippen molar-refractivity contribution in [2.75, 3.05) is 0 Å². The van der Waals surface area contributed by atoms with E-state index < -0.39 is 0 Å². The molecule has 0 aromatic heterocycles. The van der Waals surface area contributed by atoms with Gasteiger partial charge in [0, 0.05) is 5.54 Å². The van der Waals surface area contributed by atoms with Gasteiger partial charge in [-0.25, -0.2) is 0 Å². The molecule has 0 aliphatic heterocycles. The summed E-state index contributed by atoms with van der Waals surface area (Å²) in [6.07, 6.45) is 42.1. The SMILES string of the molecule is CCCCCCCCCCCC(N)(CCCCCCCCCCC)CCCCCCCCCCC.Cl. The Morgan fingerprint density at radius 1 is 0.306 bits per heavy atom. The maximum Gasteiger partial charge on any atom is 0.0154 e. The third-order valence-electron chi connectivity index (χ3n) is 8.33. The first-order valence-electron chi connectivity index (χ1n) is 17.0. The smallest absolute Gasteiger partial charge is 0.0154 e. The number of rotatable bonds is 30. The third-order valence-corrected chi connectivity index (χ3v) is 8.33. The predicted molar refractivity (Wildman–Crippen MR) is 170 cm³/mol. The van der Waals surface area contributed by atoms with Gasteiger partial charge in [0.1, 0.15) is 0 Å². The van der Waals surface area contributed by atoms with Crippen molar-refractivity contribution in [3.8, 4) is 0 Å². The van der Waals surface area contributed by atoms with Gasteiger partial charge in [0.15, 0.2) is 0 Å². The summed E-state index contributed by atoms with van der Waals surface area (Å²) in [7, 11) is 0. The van der Waals surface area contributed by atoms with Crippen LogP contribution in [-0.4, -0.2) is 5.54 Å². The molecule has 0 aromatic rings. The van der Waals surface area contributed by atoms with Crippen LogP contribution in [0.4, 0.5) is 0 Å². The molecular formula is C34H72ClN. The van der Waals surface area contributed by atoms with E-state index >= 15 is 0 Å². The number of halogens is 1. The summed E-state index contributed by atoms with van der Waals surface area (Å²) in [6.45, 7) is 6.92. The zero-order valence-electron chi connectivity index (χ0n) is 25.7. The van der Waals surface area contributed by atoms with Gasteiger partial charge >= 0.3 is 0 Å². The zero-order valence-corrected chi connectivity index (χ0v) is 26.5. The van der Waals surface area contributed by atoms with Crippen LogP contribution in [0.15, 0.2) is 0 Å². The van der Waals surface area contributed by atoms with Crippen LogP contribution in [0, 0.1) is 0 Å². The van der Waals surface area contributed by atoms with Gasteiger partial charge < -0.3 is 5.73 Å². The standard InChI is InChI=1S/C34H71N.ClH/c1-4-7-10-13-16-19-22-25-28-31-34(35,32-29-26-23-20-17-14-11-8-5-2)33-30-27-24-21-18-15-12-9-6-3;/h4-33,35H2,1-3H3;1H. The molecular weight excluding hydrogens is 458 g/mol. The summed E-state index contributed by atoms with van der Waals surface area (Å²) in [5.74, 6) is 0. The molecule has 0 atom stereocenters. The maximum absolute atomic E-state index is 7.09. The number of nitrogens with two attached hydrogens (primary N) is 1. The molecule has 0 aliphatic carbocycles. The molecule has 0 bridgehead atoms. The van der Waals surface area contributed by atoms with E-state index in [9.17, 15) is 0 Å². The molecule has 220 valence electrons. The maximum atomic E-state index is 7.09. The fourth-order valence-corrected chi connectivity index (χ4v) is 5.74. The second kappa shape index (κ2) is 31.5. The van der Waals surface area contributed by atoms with Crippen molar-refractivity contribution in [3.63, 3.8) is 0 Å². The normalized spacial score (nSPS) is 11.7. The van der Waals surface area contributed by atoms with Gasteiger partial charge in [-0.1, -0.05) is 194 Å².